The fourth-order valence-electron chi connectivity index (χ4n) is 4.31. The van der Waals surface area contributed by atoms with Gasteiger partial charge in [-0.3, -0.25) is 9.79 Å². The molecule has 1 aromatic carbocycles. The van der Waals surface area contributed by atoms with Crippen molar-refractivity contribution in [2.45, 2.75) is 36.9 Å². The monoisotopic (exact) mass is 325 g/mol. The second-order valence-electron chi connectivity index (χ2n) is 6.53. The van der Waals surface area contributed by atoms with Crippen LogP contribution in [-0.4, -0.2) is 40.0 Å². The minimum Gasteiger partial charge on any atom is -0.504 e. The topological polar surface area (TPSA) is 79.1 Å². The summed E-state index contributed by atoms with van der Waals surface area (Å²) in [7, 11) is 0. The molecule has 3 atom stereocenters. The lowest BCUT2D eigenvalue weighted by atomic mass is 9.47. The first-order chi connectivity index (χ1) is 11.5. The average molecular weight is 325 g/mol. The van der Waals surface area contributed by atoms with Crippen LogP contribution in [0.3, 0.4) is 0 Å². The predicted molar refractivity (Wildman–Crippen MR) is 89.8 cm³/mol. The number of hydrogen-bond acceptors (Lipinski definition) is 5. The van der Waals surface area contributed by atoms with Crippen LogP contribution in [0.15, 0.2) is 41.9 Å². The molecule has 1 saturated carbocycles. The molecule has 2 N–H and O–H groups in total. The number of aryl methyl sites for hydroxylation is 1. The molecular formula is C19H19NO4. The predicted octanol–water partition coefficient (Wildman–Crippen LogP) is 1.85. The number of nitrogens with zero attached hydrogens (tertiary/aromatic N) is 1. The van der Waals surface area contributed by atoms with Gasteiger partial charge in [0.2, 0.25) is 0 Å². The van der Waals surface area contributed by atoms with E-state index in [4.69, 9.17) is 4.74 Å². The van der Waals surface area contributed by atoms with E-state index < -0.39 is 17.1 Å². The summed E-state index contributed by atoms with van der Waals surface area (Å²) in [5.74, 6) is 0.121. The molecule has 24 heavy (non-hydrogen) atoms. The standard InChI is InChI=1S/C19H19NO4/c1-3-9-20-14-10-18-15-11(4-2)5-6-12(21)16(15)24-17(18)13(22)7-8-19(14,18)23/h3,5-8,17,21,23H,1,4,9-10H2,2H3. The van der Waals surface area contributed by atoms with Gasteiger partial charge in [0.15, 0.2) is 23.4 Å². The van der Waals surface area contributed by atoms with E-state index in [0.717, 1.165) is 11.1 Å². The van der Waals surface area contributed by atoms with Crippen molar-refractivity contribution in [2.75, 3.05) is 6.54 Å². The van der Waals surface area contributed by atoms with Gasteiger partial charge in [-0.05, 0) is 30.2 Å². The first-order valence-corrected chi connectivity index (χ1v) is 8.11. The third kappa shape index (κ3) is 1.53. The molecule has 5 heteroatoms. The van der Waals surface area contributed by atoms with Gasteiger partial charge in [0.1, 0.15) is 5.60 Å². The molecule has 1 heterocycles. The van der Waals surface area contributed by atoms with Crippen molar-refractivity contribution in [1.82, 2.24) is 0 Å². The van der Waals surface area contributed by atoms with Gasteiger partial charge in [0.25, 0.3) is 0 Å². The fourth-order valence-corrected chi connectivity index (χ4v) is 4.31. The normalized spacial score (nSPS) is 34.2. The highest BCUT2D eigenvalue weighted by Crippen LogP contribution is 2.63. The number of ketones is 1. The molecule has 1 spiro atoms. The first kappa shape index (κ1) is 15.1. The first-order valence-electron chi connectivity index (χ1n) is 8.11. The molecule has 0 bridgehead atoms. The summed E-state index contributed by atoms with van der Waals surface area (Å²) in [4.78, 5) is 16.8. The van der Waals surface area contributed by atoms with Crippen LogP contribution < -0.4 is 4.74 Å². The largest absolute Gasteiger partial charge is 0.504 e. The van der Waals surface area contributed by atoms with Crippen LogP contribution in [0.25, 0.3) is 0 Å². The minimum absolute atomic E-state index is 0.00222. The zero-order valence-electron chi connectivity index (χ0n) is 13.5. The van der Waals surface area contributed by atoms with Crippen molar-refractivity contribution in [1.29, 1.82) is 0 Å². The number of carbonyl (C=O) groups excluding carboxylic acids is 1. The van der Waals surface area contributed by atoms with Crippen molar-refractivity contribution < 1.29 is 19.7 Å². The van der Waals surface area contributed by atoms with Crippen molar-refractivity contribution in [3.05, 3.63) is 48.1 Å². The van der Waals surface area contributed by atoms with E-state index in [9.17, 15) is 15.0 Å². The third-order valence-electron chi connectivity index (χ3n) is 5.46. The van der Waals surface area contributed by atoms with E-state index in [-0.39, 0.29) is 11.5 Å². The summed E-state index contributed by atoms with van der Waals surface area (Å²) in [6.45, 7) is 6.06. The van der Waals surface area contributed by atoms with Gasteiger partial charge in [-0.1, -0.05) is 19.1 Å². The Morgan fingerprint density at radius 2 is 2.29 bits per heavy atom. The molecule has 2 aliphatic carbocycles. The Balaban J connectivity index is 1.97. The van der Waals surface area contributed by atoms with E-state index in [1.165, 1.54) is 12.2 Å². The molecule has 0 saturated heterocycles. The summed E-state index contributed by atoms with van der Waals surface area (Å²) in [5.41, 5.74) is 0.0656. The van der Waals surface area contributed by atoms with Gasteiger partial charge in [0.05, 0.1) is 17.7 Å². The minimum atomic E-state index is -1.36. The molecule has 0 aromatic heterocycles. The number of fused-ring (bicyclic) bond motifs is 1. The van der Waals surface area contributed by atoms with Gasteiger partial charge in [-0.25, -0.2) is 0 Å². The molecule has 4 rings (SSSR count). The Morgan fingerprint density at radius 1 is 1.50 bits per heavy atom. The maximum absolute atomic E-state index is 12.4. The molecule has 1 aliphatic heterocycles. The number of aromatic hydroxyl groups is 1. The Labute approximate surface area is 140 Å². The van der Waals surface area contributed by atoms with Crippen LogP contribution in [0.5, 0.6) is 11.5 Å². The SMILES string of the molecule is C=CCN=C1CC23c4c(CC)ccc(O)c4OC2C(=O)C=CC13O. The van der Waals surface area contributed by atoms with E-state index >= 15 is 0 Å². The fraction of sp³-hybridized carbons (Fsp3) is 0.368. The van der Waals surface area contributed by atoms with Gasteiger partial charge in [-0.2, -0.15) is 0 Å². The highest BCUT2D eigenvalue weighted by atomic mass is 16.5. The summed E-state index contributed by atoms with van der Waals surface area (Å²) < 4.78 is 5.85. The van der Waals surface area contributed by atoms with Gasteiger partial charge >= 0.3 is 0 Å². The van der Waals surface area contributed by atoms with Gasteiger partial charge in [0, 0.05) is 12.0 Å². The van der Waals surface area contributed by atoms with Gasteiger partial charge in [-0.15, -0.1) is 6.58 Å². The number of aliphatic hydroxyl groups is 1. The van der Waals surface area contributed by atoms with Crippen molar-refractivity contribution in [2.24, 2.45) is 4.99 Å². The number of ether oxygens (including phenoxy) is 1. The highest BCUT2D eigenvalue weighted by Gasteiger charge is 2.74. The van der Waals surface area contributed by atoms with E-state index in [1.54, 1.807) is 12.1 Å². The second-order valence-corrected chi connectivity index (χ2v) is 6.53. The highest BCUT2D eigenvalue weighted by molar-refractivity contribution is 6.12. The summed E-state index contributed by atoms with van der Waals surface area (Å²) in [6.07, 6.45) is 4.87. The van der Waals surface area contributed by atoms with E-state index in [2.05, 4.69) is 11.6 Å². The van der Waals surface area contributed by atoms with Crippen LogP contribution in [0.1, 0.15) is 24.5 Å². The average Bonchev–Trinajstić information content (AvgIpc) is 2.95. The van der Waals surface area contributed by atoms with Crippen LogP contribution in [0.4, 0.5) is 0 Å². The number of carbonyl (C=O) groups is 1. The number of hydrogen-bond donors (Lipinski definition) is 2. The molecule has 3 aliphatic rings. The number of aliphatic imine (C=N–C) groups is 1. The van der Waals surface area contributed by atoms with Crippen molar-refractivity contribution in [3.63, 3.8) is 0 Å². The number of rotatable bonds is 3. The number of phenolic OH excluding ortho intramolecular Hbond substituents is 1. The van der Waals surface area contributed by atoms with E-state index in [1.807, 2.05) is 13.0 Å². The van der Waals surface area contributed by atoms with Crippen LogP contribution in [0, 0.1) is 0 Å². The third-order valence-corrected chi connectivity index (χ3v) is 5.46. The van der Waals surface area contributed by atoms with Crippen LogP contribution in [0.2, 0.25) is 0 Å². The van der Waals surface area contributed by atoms with E-state index in [0.29, 0.717) is 30.8 Å². The van der Waals surface area contributed by atoms with Crippen LogP contribution >= 0.6 is 0 Å². The Bertz CT molecular complexity index is 825. The molecule has 5 nitrogen and oxygen atoms in total. The molecule has 1 aromatic rings. The molecule has 0 amide bonds. The molecule has 3 unspecified atom stereocenters. The zero-order valence-corrected chi connectivity index (χ0v) is 13.5. The molecule has 124 valence electrons. The zero-order chi connectivity index (χ0) is 17.1. The summed E-state index contributed by atoms with van der Waals surface area (Å²) in [5, 5.41) is 21.6. The number of benzene rings is 1. The van der Waals surface area contributed by atoms with Gasteiger partial charge < -0.3 is 14.9 Å². The Morgan fingerprint density at radius 3 is 3.00 bits per heavy atom. The lowest BCUT2D eigenvalue weighted by Gasteiger charge is -2.57. The van der Waals surface area contributed by atoms with Crippen LogP contribution in [-0.2, 0) is 16.6 Å². The lowest BCUT2D eigenvalue weighted by Crippen LogP contribution is -2.73. The smallest absolute Gasteiger partial charge is 0.197 e. The Hall–Kier alpha value is -2.40. The van der Waals surface area contributed by atoms with Crippen molar-refractivity contribution in [3.8, 4) is 11.5 Å². The summed E-state index contributed by atoms with van der Waals surface area (Å²) >= 11 is 0. The summed E-state index contributed by atoms with van der Waals surface area (Å²) in [6, 6.07) is 3.41. The molecule has 0 radical (unpaired) electrons. The quantitative estimate of drug-likeness (QED) is 0.831. The molecular weight excluding hydrogens is 306 g/mol. The Kier molecular flexibility index (Phi) is 3.03. The number of phenols is 1. The second kappa shape index (κ2) is 4.80. The molecule has 1 fully saturated rings. The lowest BCUT2D eigenvalue weighted by molar-refractivity contribution is -0.130. The van der Waals surface area contributed by atoms with Crippen molar-refractivity contribution >= 4 is 11.5 Å². The maximum atomic E-state index is 12.4. The maximum Gasteiger partial charge on any atom is 0.197 e.